The van der Waals surface area contributed by atoms with Crippen LogP contribution in [0.5, 0.6) is 0 Å². The van der Waals surface area contributed by atoms with E-state index in [2.05, 4.69) is 0 Å². The zero-order chi connectivity index (χ0) is 7.44. The molecule has 2 heteroatoms. The lowest BCUT2D eigenvalue weighted by molar-refractivity contribution is -0.130. The second-order valence-corrected chi connectivity index (χ2v) is 2.48. The summed E-state index contributed by atoms with van der Waals surface area (Å²) in [6.45, 7) is 5.38. The molecule has 9 heavy (non-hydrogen) atoms. The zero-order valence-electron chi connectivity index (χ0n) is 6.22. The van der Waals surface area contributed by atoms with Gasteiger partial charge in [0.15, 0.2) is 5.78 Å². The van der Waals surface area contributed by atoms with Crippen molar-refractivity contribution in [2.75, 3.05) is 0 Å². The Morgan fingerprint density at radius 2 is 2.00 bits per heavy atom. The summed E-state index contributed by atoms with van der Waals surface area (Å²) in [7, 11) is 0. The van der Waals surface area contributed by atoms with Gasteiger partial charge in [0.25, 0.3) is 0 Å². The Morgan fingerprint density at radius 3 is 2.11 bits per heavy atom. The molecule has 0 aromatic rings. The molecule has 0 aliphatic carbocycles. The largest absolute Gasteiger partial charge is 0.385 e. The van der Waals surface area contributed by atoms with Crippen LogP contribution in [0.15, 0.2) is 0 Å². The van der Waals surface area contributed by atoms with Crippen molar-refractivity contribution < 1.29 is 9.90 Å². The minimum Gasteiger partial charge on any atom is -0.385 e. The Labute approximate surface area is 55.9 Å². The van der Waals surface area contributed by atoms with Gasteiger partial charge in [0.1, 0.15) is 6.10 Å². The van der Waals surface area contributed by atoms with Crippen LogP contribution in [0.25, 0.3) is 0 Å². The molecule has 0 rings (SSSR count). The summed E-state index contributed by atoms with van der Waals surface area (Å²) >= 11 is 0. The molecule has 0 spiro atoms. The van der Waals surface area contributed by atoms with Crippen LogP contribution in [0.3, 0.4) is 0 Å². The number of carbonyl (C=O) groups excluding carboxylic acids is 1. The number of rotatable bonds is 3. The quantitative estimate of drug-likeness (QED) is 0.618. The van der Waals surface area contributed by atoms with E-state index < -0.39 is 6.10 Å². The van der Waals surface area contributed by atoms with Crippen molar-refractivity contribution >= 4 is 5.78 Å². The molecule has 1 N–H and O–H groups in total. The number of aliphatic hydroxyl groups excluding tert-OH is 1. The summed E-state index contributed by atoms with van der Waals surface area (Å²) in [4.78, 5) is 10.8. The maximum absolute atomic E-state index is 10.8. The van der Waals surface area contributed by atoms with E-state index >= 15 is 0 Å². The van der Waals surface area contributed by atoms with Gasteiger partial charge in [-0.05, 0) is 6.42 Å². The summed E-state index contributed by atoms with van der Waals surface area (Å²) < 4.78 is 0. The van der Waals surface area contributed by atoms with Gasteiger partial charge in [-0.15, -0.1) is 0 Å². The van der Waals surface area contributed by atoms with Gasteiger partial charge in [0, 0.05) is 5.92 Å². The molecule has 1 unspecified atom stereocenters. The average molecular weight is 130 g/mol. The lowest BCUT2D eigenvalue weighted by atomic mass is 10.0. The Morgan fingerprint density at radius 1 is 1.56 bits per heavy atom. The number of carbonyl (C=O) groups is 1. The van der Waals surface area contributed by atoms with E-state index in [-0.39, 0.29) is 11.7 Å². The lowest BCUT2D eigenvalue weighted by Gasteiger charge is -2.07. The second kappa shape index (κ2) is 3.62. The first-order valence-corrected chi connectivity index (χ1v) is 3.31. The molecule has 0 saturated heterocycles. The molecule has 0 heterocycles. The summed E-state index contributed by atoms with van der Waals surface area (Å²) in [6.07, 6.45) is -0.221. The Hall–Kier alpha value is -0.370. The number of hydrogen-bond acceptors (Lipinski definition) is 2. The predicted molar refractivity (Wildman–Crippen MR) is 36.1 cm³/mol. The van der Waals surface area contributed by atoms with Gasteiger partial charge >= 0.3 is 0 Å². The van der Waals surface area contributed by atoms with Crippen LogP contribution in [0, 0.1) is 5.92 Å². The summed E-state index contributed by atoms with van der Waals surface area (Å²) in [5.41, 5.74) is 0. The van der Waals surface area contributed by atoms with Crippen LogP contribution in [-0.4, -0.2) is 17.0 Å². The van der Waals surface area contributed by atoms with Crippen molar-refractivity contribution in [3.8, 4) is 0 Å². The van der Waals surface area contributed by atoms with Gasteiger partial charge in [-0.1, -0.05) is 20.8 Å². The Kier molecular flexibility index (Phi) is 3.47. The number of aliphatic hydroxyl groups is 1. The van der Waals surface area contributed by atoms with Crippen molar-refractivity contribution in [2.24, 2.45) is 5.92 Å². The minimum absolute atomic E-state index is 0.0417. The molecule has 0 radical (unpaired) electrons. The van der Waals surface area contributed by atoms with Gasteiger partial charge < -0.3 is 5.11 Å². The molecule has 2 nitrogen and oxygen atoms in total. The maximum Gasteiger partial charge on any atom is 0.163 e. The van der Waals surface area contributed by atoms with E-state index in [4.69, 9.17) is 5.11 Å². The first kappa shape index (κ1) is 8.63. The average Bonchev–Trinajstić information content (AvgIpc) is 1.84. The van der Waals surface area contributed by atoms with E-state index in [1.54, 1.807) is 20.8 Å². The third-order valence-corrected chi connectivity index (χ3v) is 1.28. The highest BCUT2D eigenvalue weighted by molar-refractivity contribution is 5.84. The summed E-state index contributed by atoms with van der Waals surface area (Å²) in [6, 6.07) is 0. The normalized spacial score (nSPS) is 13.9. The highest BCUT2D eigenvalue weighted by Gasteiger charge is 2.15. The fourth-order valence-electron chi connectivity index (χ4n) is 0.586. The van der Waals surface area contributed by atoms with Crippen LogP contribution in [0.1, 0.15) is 27.2 Å². The molecule has 54 valence electrons. The van der Waals surface area contributed by atoms with E-state index in [1.807, 2.05) is 0 Å². The third kappa shape index (κ3) is 2.61. The fraction of sp³-hybridized carbons (Fsp3) is 0.857. The number of Topliss-reactive ketones (excluding diaryl/α,β-unsaturated/α-hetero) is 1. The summed E-state index contributed by atoms with van der Waals surface area (Å²) in [5.74, 6) is -0.0996. The molecular formula is C7H14O2. The molecule has 0 aliphatic rings. The van der Waals surface area contributed by atoms with E-state index in [9.17, 15) is 4.79 Å². The molecular weight excluding hydrogens is 116 g/mol. The van der Waals surface area contributed by atoms with Crippen LogP contribution in [0.4, 0.5) is 0 Å². The molecule has 0 fully saturated rings. The van der Waals surface area contributed by atoms with Crippen molar-refractivity contribution in [1.29, 1.82) is 0 Å². The van der Waals surface area contributed by atoms with Gasteiger partial charge in [-0.3, -0.25) is 4.79 Å². The van der Waals surface area contributed by atoms with Crippen molar-refractivity contribution in [1.82, 2.24) is 0 Å². The Balaban J connectivity index is 3.73. The fourth-order valence-corrected chi connectivity index (χ4v) is 0.586. The number of ketones is 1. The van der Waals surface area contributed by atoms with E-state index in [0.29, 0.717) is 6.42 Å². The third-order valence-electron chi connectivity index (χ3n) is 1.28. The van der Waals surface area contributed by atoms with Crippen LogP contribution in [0.2, 0.25) is 0 Å². The molecule has 0 bridgehead atoms. The van der Waals surface area contributed by atoms with Gasteiger partial charge in [-0.2, -0.15) is 0 Å². The molecule has 0 aromatic carbocycles. The van der Waals surface area contributed by atoms with Crippen molar-refractivity contribution in [3.63, 3.8) is 0 Å². The molecule has 1 atom stereocenters. The first-order valence-electron chi connectivity index (χ1n) is 3.31. The minimum atomic E-state index is -0.745. The highest BCUT2D eigenvalue weighted by Crippen LogP contribution is 2.01. The second-order valence-electron chi connectivity index (χ2n) is 2.48. The first-order chi connectivity index (χ1) is 4.09. The highest BCUT2D eigenvalue weighted by atomic mass is 16.3. The maximum atomic E-state index is 10.8. The van der Waals surface area contributed by atoms with Gasteiger partial charge in [0.05, 0.1) is 0 Å². The molecule has 0 saturated carbocycles. The molecule has 0 aliphatic heterocycles. The van der Waals surface area contributed by atoms with Crippen molar-refractivity contribution in [3.05, 3.63) is 0 Å². The topological polar surface area (TPSA) is 37.3 Å². The monoisotopic (exact) mass is 130 g/mol. The van der Waals surface area contributed by atoms with Crippen LogP contribution < -0.4 is 0 Å². The predicted octanol–water partition coefficient (Wildman–Crippen LogP) is 0.982. The lowest BCUT2D eigenvalue weighted by Crippen LogP contribution is -2.23. The van der Waals surface area contributed by atoms with Crippen molar-refractivity contribution in [2.45, 2.75) is 33.3 Å². The van der Waals surface area contributed by atoms with Gasteiger partial charge in [-0.25, -0.2) is 0 Å². The van der Waals surface area contributed by atoms with Gasteiger partial charge in [0.2, 0.25) is 0 Å². The van der Waals surface area contributed by atoms with E-state index in [0.717, 1.165) is 0 Å². The molecule has 0 amide bonds. The van der Waals surface area contributed by atoms with Crippen LogP contribution >= 0.6 is 0 Å². The SMILES string of the molecule is CCC(O)C(=O)C(C)C. The Bertz CT molecular complexity index is 97.1. The smallest absolute Gasteiger partial charge is 0.163 e. The summed E-state index contributed by atoms with van der Waals surface area (Å²) in [5, 5.41) is 8.95. The zero-order valence-corrected chi connectivity index (χ0v) is 6.22. The van der Waals surface area contributed by atoms with Crippen LogP contribution in [-0.2, 0) is 4.79 Å². The number of hydrogen-bond donors (Lipinski definition) is 1. The standard InChI is InChI=1S/C7H14O2/c1-4-6(8)7(9)5(2)3/h5-6,8H,4H2,1-3H3. The van der Waals surface area contributed by atoms with E-state index in [1.165, 1.54) is 0 Å². The molecule has 0 aromatic heterocycles.